The number of hydrogen-bond acceptors (Lipinski definition) is 2. The molecule has 19 heavy (non-hydrogen) atoms. The Morgan fingerprint density at radius 3 is 2.53 bits per heavy atom. The Morgan fingerprint density at radius 2 is 1.95 bits per heavy atom. The number of hydrogen-bond donors (Lipinski definition) is 1. The first kappa shape index (κ1) is 13.6. The van der Waals surface area contributed by atoms with Gasteiger partial charge in [-0.15, -0.1) is 0 Å². The topological polar surface area (TPSA) is 49.4 Å². The standard InChI is InChI=1S/C15H20N2O2/c1-10(2)15(19)16-12-8-14(18)17(9-12)13-6-4-11(3)5-7-13/h4-7,10,12H,8-9H2,1-3H3,(H,16,19)/t12-/m1/s1. The van der Waals surface area contributed by atoms with Gasteiger partial charge < -0.3 is 10.2 Å². The lowest BCUT2D eigenvalue weighted by molar-refractivity contribution is -0.124. The van der Waals surface area contributed by atoms with Crippen LogP contribution in [0.2, 0.25) is 0 Å². The van der Waals surface area contributed by atoms with Crippen LogP contribution in [0.25, 0.3) is 0 Å². The van der Waals surface area contributed by atoms with Crippen molar-refractivity contribution >= 4 is 17.5 Å². The highest BCUT2D eigenvalue weighted by molar-refractivity contribution is 5.96. The van der Waals surface area contributed by atoms with Crippen molar-refractivity contribution in [2.75, 3.05) is 11.4 Å². The number of benzene rings is 1. The maximum atomic E-state index is 12.0. The fourth-order valence-electron chi connectivity index (χ4n) is 2.15. The summed E-state index contributed by atoms with van der Waals surface area (Å²) in [5.74, 6) is 0.0185. The molecule has 1 atom stereocenters. The molecule has 0 unspecified atom stereocenters. The lowest BCUT2D eigenvalue weighted by atomic mass is 10.2. The Morgan fingerprint density at radius 1 is 1.32 bits per heavy atom. The van der Waals surface area contributed by atoms with E-state index in [0.29, 0.717) is 13.0 Å². The number of carbonyl (C=O) groups excluding carboxylic acids is 2. The molecule has 1 saturated heterocycles. The van der Waals surface area contributed by atoms with Gasteiger partial charge >= 0.3 is 0 Å². The van der Waals surface area contributed by atoms with Gasteiger partial charge in [0.05, 0.1) is 6.04 Å². The quantitative estimate of drug-likeness (QED) is 0.902. The number of nitrogens with one attached hydrogen (secondary N) is 1. The van der Waals surface area contributed by atoms with Gasteiger partial charge in [0.15, 0.2) is 0 Å². The maximum absolute atomic E-state index is 12.0. The lowest BCUT2D eigenvalue weighted by Crippen LogP contribution is -2.39. The van der Waals surface area contributed by atoms with Gasteiger partial charge in [0.25, 0.3) is 0 Å². The summed E-state index contributed by atoms with van der Waals surface area (Å²) < 4.78 is 0. The minimum atomic E-state index is -0.0799. The van der Waals surface area contributed by atoms with Crippen molar-refractivity contribution in [3.05, 3.63) is 29.8 Å². The fraction of sp³-hybridized carbons (Fsp3) is 0.467. The normalized spacial score (nSPS) is 19.1. The molecule has 0 saturated carbocycles. The van der Waals surface area contributed by atoms with Gasteiger partial charge in [-0.05, 0) is 19.1 Å². The molecule has 4 nitrogen and oxygen atoms in total. The van der Waals surface area contributed by atoms with Crippen LogP contribution in [0.15, 0.2) is 24.3 Å². The molecule has 1 aliphatic rings. The van der Waals surface area contributed by atoms with E-state index >= 15 is 0 Å². The van der Waals surface area contributed by atoms with Gasteiger partial charge in [-0.3, -0.25) is 9.59 Å². The minimum absolute atomic E-state index is 0.00329. The van der Waals surface area contributed by atoms with Crippen LogP contribution < -0.4 is 10.2 Å². The summed E-state index contributed by atoms with van der Waals surface area (Å²) in [6.45, 7) is 6.27. The predicted molar refractivity (Wildman–Crippen MR) is 74.9 cm³/mol. The first-order valence-electron chi connectivity index (χ1n) is 6.65. The van der Waals surface area contributed by atoms with E-state index in [0.717, 1.165) is 5.69 Å². The third-order valence-corrected chi connectivity index (χ3v) is 3.34. The molecule has 0 bridgehead atoms. The van der Waals surface area contributed by atoms with Gasteiger partial charge in [-0.25, -0.2) is 0 Å². The van der Waals surface area contributed by atoms with Gasteiger partial charge in [0.1, 0.15) is 0 Å². The van der Waals surface area contributed by atoms with Crippen molar-refractivity contribution in [1.82, 2.24) is 5.32 Å². The van der Waals surface area contributed by atoms with E-state index in [1.54, 1.807) is 4.90 Å². The number of amides is 2. The summed E-state index contributed by atoms with van der Waals surface area (Å²) in [6.07, 6.45) is 0.381. The third kappa shape index (κ3) is 3.13. The molecule has 0 spiro atoms. The Labute approximate surface area is 113 Å². The molecule has 1 aromatic rings. The SMILES string of the molecule is Cc1ccc(N2C[C@H](NC(=O)C(C)C)CC2=O)cc1. The van der Waals surface area contributed by atoms with E-state index in [-0.39, 0.29) is 23.8 Å². The molecular weight excluding hydrogens is 240 g/mol. The van der Waals surface area contributed by atoms with Gasteiger partial charge in [0, 0.05) is 24.6 Å². The summed E-state index contributed by atoms with van der Waals surface area (Å²) in [5, 5.41) is 2.92. The Kier molecular flexibility index (Phi) is 3.88. The summed E-state index contributed by atoms with van der Waals surface area (Å²) in [7, 11) is 0. The van der Waals surface area contributed by atoms with Crippen molar-refractivity contribution < 1.29 is 9.59 Å². The van der Waals surface area contributed by atoms with Crippen LogP contribution in [0.3, 0.4) is 0 Å². The molecule has 1 aromatic carbocycles. The Bertz CT molecular complexity index is 479. The zero-order chi connectivity index (χ0) is 14.0. The second-order valence-corrected chi connectivity index (χ2v) is 5.40. The van der Waals surface area contributed by atoms with E-state index in [2.05, 4.69) is 5.32 Å². The fourth-order valence-corrected chi connectivity index (χ4v) is 2.15. The van der Waals surface area contributed by atoms with Gasteiger partial charge in [-0.1, -0.05) is 31.5 Å². The second-order valence-electron chi connectivity index (χ2n) is 5.40. The average Bonchev–Trinajstić information content (AvgIpc) is 2.71. The molecule has 102 valence electrons. The van der Waals surface area contributed by atoms with Crippen LogP contribution in [0, 0.1) is 12.8 Å². The molecule has 1 aliphatic heterocycles. The van der Waals surface area contributed by atoms with E-state index in [1.807, 2.05) is 45.0 Å². The Hall–Kier alpha value is -1.84. The first-order chi connectivity index (χ1) is 8.97. The average molecular weight is 260 g/mol. The molecule has 2 amide bonds. The van der Waals surface area contributed by atoms with Crippen LogP contribution in [-0.2, 0) is 9.59 Å². The van der Waals surface area contributed by atoms with Crippen LogP contribution in [0.1, 0.15) is 25.8 Å². The van der Waals surface area contributed by atoms with E-state index in [9.17, 15) is 9.59 Å². The van der Waals surface area contributed by atoms with Crippen molar-refractivity contribution in [3.63, 3.8) is 0 Å². The van der Waals surface area contributed by atoms with Gasteiger partial charge in [0.2, 0.25) is 11.8 Å². The largest absolute Gasteiger partial charge is 0.351 e. The van der Waals surface area contributed by atoms with Crippen LogP contribution in [0.4, 0.5) is 5.69 Å². The molecule has 1 heterocycles. The summed E-state index contributed by atoms with van der Waals surface area (Å²) in [4.78, 5) is 25.4. The zero-order valence-corrected chi connectivity index (χ0v) is 11.6. The molecule has 4 heteroatoms. The van der Waals surface area contributed by atoms with Crippen molar-refractivity contribution in [2.45, 2.75) is 33.2 Å². The van der Waals surface area contributed by atoms with E-state index in [4.69, 9.17) is 0 Å². The smallest absolute Gasteiger partial charge is 0.229 e. The van der Waals surface area contributed by atoms with Crippen LogP contribution in [0.5, 0.6) is 0 Å². The number of nitrogens with zero attached hydrogens (tertiary/aromatic N) is 1. The third-order valence-electron chi connectivity index (χ3n) is 3.34. The number of anilines is 1. The predicted octanol–water partition coefficient (Wildman–Crippen LogP) is 1.87. The van der Waals surface area contributed by atoms with Crippen molar-refractivity contribution in [3.8, 4) is 0 Å². The number of carbonyl (C=O) groups is 2. The molecule has 2 rings (SSSR count). The molecule has 1 fully saturated rings. The zero-order valence-electron chi connectivity index (χ0n) is 11.6. The van der Waals surface area contributed by atoms with E-state index in [1.165, 1.54) is 5.56 Å². The molecule has 0 aliphatic carbocycles. The minimum Gasteiger partial charge on any atom is -0.351 e. The summed E-state index contributed by atoms with van der Waals surface area (Å²) in [5.41, 5.74) is 2.07. The molecule has 0 radical (unpaired) electrons. The summed E-state index contributed by atoms with van der Waals surface area (Å²) >= 11 is 0. The Balaban J connectivity index is 2.03. The monoisotopic (exact) mass is 260 g/mol. The molecule has 0 aromatic heterocycles. The van der Waals surface area contributed by atoms with E-state index < -0.39 is 0 Å². The number of aryl methyl sites for hydroxylation is 1. The second kappa shape index (κ2) is 5.43. The summed E-state index contributed by atoms with van der Waals surface area (Å²) in [6, 6.07) is 7.79. The van der Waals surface area contributed by atoms with Crippen LogP contribution in [-0.4, -0.2) is 24.4 Å². The van der Waals surface area contributed by atoms with Crippen LogP contribution >= 0.6 is 0 Å². The maximum Gasteiger partial charge on any atom is 0.229 e. The first-order valence-corrected chi connectivity index (χ1v) is 6.65. The van der Waals surface area contributed by atoms with Crippen molar-refractivity contribution in [1.29, 1.82) is 0 Å². The highest BCUT2D eigenvalue weighted by Gasteiger charge is 2.31. The molecule has 1 N–H and O–H groups in total. The van der Waals surface area contributed by atoms with Crippen molar-refractivity contribution in [2.24, 2.45) is 5.92 Å². The lowest BCUT2D eigenvalue weighted by Gasteiger charge is -2.18. The molecular formula is C15H20N2O2. The van der Waals surface area contributed by atoms with Gasteiger partial charge in [-0.2, -0.15) is 0 Å². The number of rotatable bonds is 3. The highest BCUT2D eigenvalue weighted by Crippen LogP contribution is 2.22. The highest BCUT2D eigenvalue weighted by atomic mass is 16.2.